The van der Waals surface area contributed by atoms with Crippen molar-refractivity contribution in [3.8, 4) is 11.1 Å². The van der Waals surface area contributed by atoms with Gasteiger partial charge < -0.3 is 15.4 Å². The van der Waals surface area contributed by atoms with Gasteiger partial charge in [-0.3, -0.25) is 4.79 Å². The van der Waals surface area contributed by atoms with Crippen molar-refractivity contribution < 1.29 is 9.53 Å². The Kier molecular flexibility index (Phi) is 6.35. The van der Waals surface area contributed by atoms with Crippen LogP contribution < -0.4 is 5.73 Å². The summed E-state index contributed by atoms with van der Waals surface area (Å²) in [4.78, 5) is 15.4. The van der Waals surface area contributed by atoms with Crippen molar-refractivity contribution >= 4 is 17.7 Å². The van der Waals surface area contributed by atoms with Crippen LogP contribution in [-0.2, 0) is 11.3 Å². The van der Waals surface area contributed by atoms with Crippen LogP contribution in [0.4, 0.5) is 0 Å². The summed E-state index contributed by atoms with van der Waals surface area (Å²) in [7, 11) is 0. The highest BCUT2D eigenvalue weighted by Crippen LogP contribution is 2.28. The number of carbonyl (C=O) groups is 1. The van der Waals surface area contributed by atoms with Gasteiger partial charge in [0, 0.05) is 37.1 Å². The molecule has 0 saturated carbocycles. The van der Waals surface area contributed by atoms with E-state index < -0.39 is 0 Å². The fraction of sp³-hybridized carbons (Fsp3) is 0.435. The van der Waals surface area contributed by atoms with E-state index in [1.54, 1.807) is 0 Å². The van der Waals surface area contributed by atoms with Gasteiger partial charge in [-0.05, 0) is 53.8 Å². The number of nitrogens with zero attached hydrogens (tertiary/aromatic N) is 1. The molecule has 2 heterocycles. The lowest BCUT2D eigenvalue weighted by atomic mass is 9.98. The van der Waals surface area contributed by atoms with Crippen molar-refractivity contribution in [1.82, 2.24) is 4.90 Å². The Bertz CT molecular complexity index is 797. The number of rotatable bonds is 6. The van der Waals surface area contributed by atoms with E-state index >= 15 is 0 Å². The number of amides is 1. The molecule has 2 aromatic carbocycles. The predicted octanol–water partition coefficient (Wildman–Crippen LogP) is 3.94. The summed E-state index contributed by atoms with van der Waals surface area (Å²) in [6, 6.07) is 16.5. The van der Waals surface area contributed by atoms with Gasteiger partial charge >= 0.3 is 0 Å². The standard InChI is InChI=1S/C23H28N2O2S/c24-14-19-4-1-2-6-22(19)17-7-9-18(10-8-17)23(26)25(20-11-13-28-16-20)15-21-5-3-12-27-21/h1-2,4,6-10,20-21H,3,5,11-16,24H2. The molecule has 4 rings (SSSR count). The van der Waals surface area contributed by atoms with Crippen molar-refractivity contribution in [2.24, 2.45) is 5.73 Å². The van der Waals surface area contributed by atoms with Crippen LogP contribution in [0.25, 0.3) is 11.1 Å². The van der Waals surface area contributed by atoms with E-state index in [0.29, 0.717) is 19.1 Å². The zero-order valence-corrected chi connectivity index (χ0v) is 17.0. The maximum Gasteiger partial charge on any atom is 0.254 e. The normalized spacial score (nSPS) is 21.8. The minimum Gasteiger partial charge on any atom is -0.376 e. The fourth-order valence-corrected chi connectivity index (χ4v) is 5.34. The number of benzene rings is 2. The van der Waals surface area contributed by atoms with E-state index in [2.05, 4.69) is 17.0 Å². The molecule has 2 aliphatic heterocycles. The summed E-state index contributed by atoms with van der Waals surface area (Å²) in [5, 5.41) is 0. The van der Waals surface area contributed by atoms with E-state index in [1.165, 1.54) is 0 Å². The summed E-state index contributed by atoms with van der Waals surface area (Å²) in [6.07, 6.45) is 3.41. The second-order valence-corrected chi connectivity index (χ2v) is 8.70. The molecular formula is C23H28N2O2S. The van der Waals surface area contributed by atoms with Crippen LogP contribution in [0, 0.1) is 0 Å². The molecule has 0 aromatic heterocycles. The van der Waals surface area contributed by atoms with Gasteiger partial charge in [0.2, 0.25) is 0 Å². The first-order valence-corrected chi connectivity index (χ1v) is 11.3. The lowest BCUT2D eigenvalue weighted by molar-refractivity contribution is 0.0442. The molecule has 4 nitrogen and oxygen atoms in total. The Balaban J connectivity index is 1.54. The molecule has 0 bridgehead atoms. The number of hydrogen-bond donors (Lipinski definition) is 1. The number of ether oxygens (including phenoxy) is 1. The SMILES string of the molecule is NCc1ccccc1-c1ccc(C(=O)N(CC2CCCO2)C2CCSC2)cc1. The van der Waals surface area contributed by atoms with Crippen molar-refractivity contribution in [1.29, 1.82) is 0 Å². The molecule has 2 fully saturated rings. The highest BCUT2D eigenvalue weighted by molar-refractivity contribution is 7.99. The molecule has 0 radical (unpaired) electrons. The first-order chi connectivity index (χ1) is 13.8. The molecule has 28 heavy (non-hydrogen) atoms. The van der Waals surface area contributed by atoms with Crippen LogP contribution in [0.5, 0.6) is 0 Å². The van der Waals surface area contributed by atoms with Crippen LogP contribution in [0.3, 0.4) is 0 Å². The molecule has 2 atom stereocenters. The first-order valence-electron chi connectivity index (χ1n) is 10.1. The second-order valence-electron chi connectivity index (χ2n) is 7.55. The van der Waals surface area contributed by atoms with Crippen LogP contribution in [-0.4, -0.2) is 47.6 Å². The predicted molar refractivity (Wildman–Crippen MR) is 116 cm³/mol. The average Bonchev–Trinajstić information content (AvgIpc) is 3.46. The van der Waals surface area contributed by atoms with Gasteiger partial charge in [-0.25, -0.2) is 0 Å². The molecule has 2 unspecified atom stereocenters. The second kappa shape index (κ2) is 9.12. The summed E-state index contributed by atoms with van der Waals surface area (Å²) < 4.78 is 5.82. The van der Waals surface area contributed by atoms with Crippen LogP contribution >= 0.6 is 11.8 Å². The van der Waals surface area contributed by atoms with Crippen molar-refractivity contribution in [3.05, 3.63) is 59.7 Å². The third kappa shape index (κ3) is 4.27. The molecule has 0 aliphatic carbocycles. The van der Waals surface area contributed by atoms with Gasteiger partial charge in [0.25, 0.3) is 5.91 Å². The largest absolute Gasteiger partial charge is 0.376 e. The van der Waals surface area contributed by atoms with E-state index in [-0.39, 0.29) is 12.0 Å². The molecule has 1 amide bonds. The van der Waals surface area contributed by atoms with E-state index in [9.17, 15) is 4.79 Å². The van der Waals surface area contributed by atoms with Crippen LogP contribution in [0.15, 0.2) is 48.5 Å². The first kappa shape index (κ1) is 19.5. The quantitative estimate of drug-likeness (QED) is 0.804. The Morgan fingerprint density at radius 1 is 1.14 bits per heavy atom. The van der Waals surface area contributed by atoms with Gasteiger partial charge in [0.05, 0.1) is 6.10 Å². The highest BCUT2D eigenvalue weighted by atomic mass is 32.2. The van der Waals surface area contributed by atoms with Crippen molar-refractivity contribution in [2.45, 2.75) is 38.0 Å². The Morgan fingerprint density at radius 2 is 1.96 bits per heavy atom. The topological polar surface area (TPSA) is 55.6 Å². The molecule has 5 heteroatoms. The zero-order valence-electron chi connectivity index (χ0n) is 16.2. The third-order valence-electron chi connectivity index (χ3n) is 5.71. The molecule has 2 saturated heterocycles. The van der Waals surface area contributed by atoms with Crippen molar-refractivity contribution in [2.75, 3.05) is 24.7 Å². The molecule has 0 spiro atoms. The van der Waals surface area contributed by atoms with Crippen LogP contribution in [0.1, 0.15) is 35.2 Å². The molecule has 2 N–H and O–H groups in total. The van der Waals surface area contributed by atoms with Gasteiger partial charge in [-0.1, -0.05) is 36.4 Å². The average molecular weight is 397 g/mol. The lowest BCUT2D eigenvalue weighted by Gasteiger charge is -2.31. The number of thioether (sulfide) groups is 1. The van der Waals surface area contributed by atoms with Crippen molar-refractivity contribution in [3.63, 3.8) is 0 Å². The number of carbonyl (C=O) groups excluding carboxylic acids is 1. The third-order valence-corrected chi connectivity index (χ3v) is 6.86. The number of nitrogens with two attached hydrogens (primary N) is 1. The smallest absolute Gasteiger partial charge is 0.254 e. The van der Waals surface area contributed by atoms with Gasteiger partial charge in [0.1, 0.15) is 0 Å². The summed E-state index contributed by atoms with van der Waals surface area (Å²) >= 11 is 1.94. The van der Waals surface area contributed by atoms with E-state index in [1.807, 2.05) is 48.2 Å². The lowest BCUT2D eigenvalue weighted by Crippen LogP contribution is -2.44. The zero-order chi connectivity index (χ0) is 19.3. The minimum absolute atomic E-state index is 0.127. The summed E-state index contributed by atoms with van der Waals surface area (Å²) in [5.74, 6) is 2.29. The molecule has 148 valence electrons. The maximum atomic E-state index is 13.3. The summed E-state index contributed by atoms with van der Waals surface area (Å²) in [6.45, 7) is 2.04. The molecule has 2 aliphatic rings. The van der Waals surface area contributed by atoms with Gasteiger partial charge in [-0.15, -0.1) is 0 Å². The Labute approximate surface area is 171 Å². The van der Waals surface area contributed by atoms with E-state index in [4.69, 9.17) is 10.5 Å². The van der Waals surface area contributed by atoms with Gasteiger partial charge in [0.15, 0.2) is 0 Å². The highest BCUT2D eigenvalue weighted by Gasteiger charge is 2.31. The molecule has 2 aromatic rings. The number of hydrogen-bond acceptors (Lipinski definition) is 4. The monoisotopic (exact) mass is 396 g/mol. The maximum absolute atomic E-state index is 13.3. The van der Waals surface area contributed by atoms with E-state index in [0.717, 1.165) is 59.6 Å². The minimum atomic E-state index is 0.127. The summed E-state index contributed by atoms with van der Waals surface area (Å²) in [5.41, 5.74) is 9.98. The van der Waals surface area contributed by atoms with Gasteiger partial charge in [-0.2, -0.15) is 11.8 Å². The molecular weight excluding hydrogens is 368 g/mol. The Morgan fingerprint density at radius 3 is 2.64 bits per heavy atom. The Hall–Kier alpha value is -1.82. The van der Waals surface area contributed by atoms with Crippen LogP contribution in [0.2, 0.25) is 0 Å². The fourth-order valence-electron chi connectivity index (χ4n) is 4.11.